The molecular weight excluding hydrogens is 720 g/mol. The number of benzene rings is 6. The highest BCUT2D eigenvalue weighted by Gasteiger charge is 2.36. The molecule has 0 aliphatic carbocycles. The van der Waals surface area contributed by atoms with E-state index in [0.717, 1.165) is 33.4 Å². The van der Waals surface area contributed by atoms with Gasteiger partial charge in [0.2, 0.25) is 0 Å². The zero-order valence-electron chi connectivity index (χ0n) is 27.8. The lowest BCUT2D eigenvalue weighted by Gasteiger charge is -2.27. The number of carbonyl (C=O) groups is 4. The predicted octanol–water partition coefficient (Wildman–Crippen LogP) is 9.26. The molecule has 0 aromatic heterocycles. The van der Waals surface area contributed by atoms with Crippen molar-refractivity contribution in [1.82, 2.24) is 0 Å². The van der Waals surface area contributed by atoms with Gasteiger partial charge in [-0.3, -0.25) is 4.79 Å². The molecular formula is C44H33BrO7. The Morgan fingerprint density at radius 3 is 1.15 bits per heavy atom. The van der Waals surface area contributed by atoms with E-state index in [9.17, 15) is 19.2 Å². The Morgan fingerprint density at radius 1 is 0.462 bits per heavy atom. The van der Waals surface area contributed by atoms with Gasteiger partial charge in [0.05, 0.1) is 21.5 Å². The minimum atomic E-state index is -1.54. The van der Waals surface area contributed by atoms with Crippen molar-refractivity contribution >= 4 is 40.1 Å². The highest BCUT2D eigenvalue weighted by atomic mass is 79.9. The Morgan fingerprint density at radius 2 is 0.788 bits per heavy atom. The quantitative estimate of drug-likeness (QED) is 0.0502. The maximum Gasteiger partial charge on any atom is 0.338 e. The van der Waals surface area contributed by atoms with Crippen LogP contribution in [0, 0.1) is 0 Å². The van der Waals surface area contributed by atoms with E-state index in [2.05, 4.69) is 15.9 Å². The summed E-state index contributed by atoms with van der Waals surface area (Å²) in [6.07, 6.45) is -2.51. The first-order valence-corrected chi connectivity index (χ1v) is 17.5. The second kappa shape index (κ2) is 17.2. The van der Waals surface area contributed by atoms with E-state index in [0.29, 0.717) is 11.8 Å². The molecule has 6 aromatic carbocycles. The zero-order chi connectivity index (χ0) is 36.3. The molecule has 0 saturated heterocycles. The summed E-state index contributed by atoms with van der Waals surface area (Å²) in [6.45, 7) is -0.308. The van der Waals surface area contributed by atoms with E-state index < -0.39 is 34.9 Å². The average molecular weight is 754 g/mol. The zero-order valence-corrected chi connectivity index (χ0v) is 29.4. The van der Waals surface area contributed by atoms with Gasteiger partial charge in [0, 0.05) is 0 Å². The van der Waals surface area contributed by atoms with E-state index in [4.69, 9.17) is 14.2 Å². The number of aldehydes is 1. The number of ether oxygens (including phenoxy) is 3. The molecule has 52 heavy (non-hydrogen) atoms. The Balaban J connectivity index is 1.17. The minimum Gasteiger partial charge on any atom is -0.461 e. The van der Waals surface area contributed by atoms with Gasteiger partial charge < -0.3 is 14.2 Å². The summed E-state index contributed by atoms with van der Waals surface area (Å²) in [5.74, 6) is -2.17. The van der Waals surface area contributed by atoms with Crippen LogP contribution in [0.3, 0.4) is 0 Å². The van der Waals surface area contributed by atoms with E-state index in [1.807, 2.05) is 103 Å². The lowest BCUT2D eigenvalue weighted by atomic mass is 10.0. The summed E-state index contributed by atoms with van der Waals surface area (Å²) in [5, 5.41) is 0. The largest absolute Gasteiger partial charge is 0.461 e. The number of esters is 3. The Bertz CT molecular complexity index is 2100. The maximum atomic E-state index is 13.5. The van der Waals surface area contributed by atoms with Crippen LogP contribution in [0.1, 0.15) is 31.1 Å². The van der Waals surface area contributed by atoms with Crippen LogP contribution in [0.15, 0.2) is 164 Å². The van der Waals surface area contributed by atoms with Gasteiger partial charge in [0.15, 0.2) is 18.5 Å². The number of halogens is 1. The minimum absolute atomic E-state index is 0.199. The Kier molecular flexibility index (Phi) is 11.8. The third-order valence-electron chi connectivity index (χ3n) is 8.36. The molecule has 0 bridgehead atoms. The van der Waals surface area contributed by atoms with Crippen molar-refractivity contribution in [3.63, 3.8) is 0 Å². The van der Waals surface area contributed by atoms with Crippen LogP contribution in [0.5, 0.6) is 0 Å². The molecule has 0 fully saturated rings. The van der Waals surface area contributed by atoms with Crippen LogP contribution < -0.4 is 0 Å². The predicted molar refractivity (Wildman–Crippen MR) is 203 cm³/mol. The molecule has 0 saturated carbocycles. The number of alkyl halides is 1. The van der Waals surface area contributed by atoms with Crippen LogP contribution in [0.2, 0.25) is 0 Å². The summed E-state index contributed by atoms with van der Waals surface area (Å²) in [4.78, 5) is 51.3. The highest BCUT2D eigenvalue weighted by Crippen LogP contribution is 2.25. The molecule has 8 heteroatoms. The third-order valence-corrected chi connectivity index (χ3v) is 9.14. The fraction of sp³-hybridized carbons (Fsp3) is 0.0909. The van der Waals surface area contributed by atoms with Gasteiger partial charge in [0.1, 0.15) is 6.61 Å². The number of hydrogen-bond donors (Lipinski definition) is 0. The molecule has 0 spiro atoms. The Labute approximate surface area is 309 Å². The van der Waals surface area contributed by atoms with Gasteiger partial charge in [0.25, 0.3) is 0 Å². The lowest BCUT2D eigenvalue weighted by Crippen LogP contribution is -2.44. The van der Waals surface area contributed by atoms with Crippen molar-refractivity contribution in [1.29, 1.82) is 0 Å². The number of rotatable bonds is 13. The van der Waals surface area contributed by atoms with Gasteiger partial charge in [-0.2, -0.15) is 0 Å². The molecule has 0 aliphatic heterocycles. The second-order valence-corrected chi connectivity index (χ2v) is 13.0. The lowest BCUT2D eigenvalue weighted by molar-refractivity contribution is -0.122. The molecule has 6 aromatic rings. The second-order valence-electron chi connectivity index (χ2n) is 11.8. The first-order chi connectivity index (χ1) is 25.4. The first-order valence-electron chi connectivity index (χ1n) is 16.5. The van der Waals surface area contributed by atoms with Crippen molar-refractivity contribution in [3.8, 4) is 33.4 Å². The monoisotopic (exact) mass is 752 g/mol. The van der Waals surface area contributed by atoms with E-state index in [-0.39, 0.29) is 17.7 Å². The van der Waals surface area contributed by atoms with Gasteiger partial charge >= 0.3 is 17.9 Å². The smallest absolute Gasteiger partial charge is 0.338 e. The van der Waals surface area contributed by atoms with Crippen molar-refractivity contribution in [2.45, 2.75) is 17.0 Å². The topological polar surface area (TPSA) is 96.0 Å². The van der Waals surface area contributed by atoms with Gasteiger partial charge in [-0.25, -0.2) is 14.4 Å². The van der Waals surface area contributed by atoms with Crippen LogP contribution in [-0.4, -0.2) is 47.8 Å². The molecule has 0 unspecified atom stereocenters. The molecule has 0 amide bonds. The average Bonchev–Trinajstić information content (AvgIpc) is 3.22. The molecule has 258 valence electrons. The standard InChI is InChI=1S/C44H33BrO7/c45-39(29-50-42(47)36-22-16-33(17-23-36)30-10-4-1-5-11-30)41(52-44(49)38-26-20-35(21-27-38)32-14-8-3-9-15-32)40(28-46)51-43(48)37-24-18-34(19-25-37)31-12-6-2-7-13-31/h1-28,39-41H,29H2/t39-,40-,41+/m1/s1. The summed E-state index contributed by atoms with van der Waals surface area (Å²) in [5.41, 5.74) is 6.40. The summed E-state index contributed by atoms with van der Waals surface area (Å²) in [6, 6.07) is 49.5. The molecule has 3 atom stereocenters. The van der Waals surface area contributed by atoms with Gasteiger partial charge in [-0.05, 0) is 69.8 Å². The van der Waals surface area contributed by atoms with E-state index in [1.165, 1.54) is 0 Å². The first kappa shape index (κ1) is 35.7. The Hall–Kier alpha value is -6.12. The van der Waals surface area contributed by atoms with Gasteiger partial charge in [-0.15, -0.1) is 0 Å². The van der Waals surface area contributed by atoms with Crippen LogP contribution >= 0.6 is 15.9 Å². The van der Waals surface area contributed by atoms with Crippen molar-refractivity contribution in [2.75, 3.05) is 6.61 Å². The highest BCUT2D eigenvalue weighted by molar-refractivity contribution is 9.09. The summed E-state index contributed by atoms with van der Waals surface area (Å²) in [7, 11) is 0. The SMILES string of the molecule is O=C[C@@H](OC(=O)c1ccc(-c2ccccc2)cc1)[C@@H](OC(=O)c1ccc(-c2ccccc2)cc1)[C@H](Br)COC(=O)c1ccc(-c2ccccc2)cc1. The van der Waals surface area contributed by atoms with Crippen LogP contribution in [-0.2, 0) is 19.0 Å². The van der Waals surface area contributed by atoms with Crippen LogP contribution in [0.4, 0.5) is 0 Å². The van der Waals surface area contributed by atoms with Gasteiger partial charge in [-0.1, -0.05) is 143 Å². The van der Waals surface area contributed by atoms with Crippen molar-refractivity contribution in [3.05, 3.63) is 180 Å². The molecule has 0 N–H and O–H groups in total. The molecule has 6 rings (SSSR count). The van der Waals surface area contributed by atoms with Crippen LogP contribution in [0.25, 0.3) is 33.4 Å². The molecule has 7 nitrogen and oxygen atoms in total. The van der Waals surface area contributed by atoms with E-state index >= 15 is 0 Å². The molecule has 0 radical (unpaired) electrons. The maximum absolute atomic E-state index is 13.5. The fourth-order valence-electron chi connectivity index (χ4n) is 5.52. The fourth-order valence-corrected chi connectivity index (χ4v) is 6.06. The van der Waals surface area contributed by atoms with Crippen molar-refractivity contribution < 1.29 is 33.4 Å². The molecule has 0 heterocycles. The summed E-state index contributed by atoms with van der Waals surface area (Å²) >= 11 is 3.45. The third kappa shape index (κ3) is 8.96. The normalized spacial score (nSPS) is 12.5. The number of carbonyl (C=O) groups excluding carboxylic acids is 4. The van der Waals surface area contributed by atoms with Crippen molar-refractivity contribution in [2.24, 2.45) is 0 Å². The summed E-state index contributed by atoms with van der Waals surface area (Å²) < 4.78 is 17.0. The molecule has 0 aliphatic rings. The van der Waals surface area contributed by atoms with E-state index in [1.54, 1.807) is 60.7 Å². The number of hydrogen-bond acceptors (Lipinski definition) is 7.